The number of hydrogen-bond donors (Lipinski definition) is 0. The second-order valence-corrected chi connectivity index (χ2v) is 7.17. The average Bonchev–Trinajstić information content (AvgIpc) is 2.60. The van der Waals surface area contributed by atoms with E-state index in [0.717, 1.165) is 0 Å². The van der Waals surface area contributed by atoms with Crippen molar-refractivity contribution in [2.45, 2.75) is 0 Å². The molecule has 0 atom stereocenters. The first-order valence-corrected chi connectivity index (χ1v) is 9.00. The Hall–Kier alpha value is -2.46. The largest absolute Gasteiger partial charge is 0.456 e. The van der Waals surface area contributed by atoms with Crippen LogP contribution in [-0.4, -0.2) is 9.49 Å². The zero-order chi connectivity index (χ0) is 19.7. The van der Waals surface area contributed by atoms with E-state index in [9.17, 15) is 19.3 Å². The molecule has 0 spiro atoms. The van der Waals surface area contributed by atoms with Crippen LogP contribution in [0, 0.1) is 19.5 Å². The Balaban J connectivity index is 2.19. The van der Waals surface area contributed by atoms with Gasteiger partial charge < -0.3 is 9.30 Å². The molecule has 9 heteroatoms. The van der Waals surface area contributed by atoms with Gasteiger partial charge in [-0.2, -0.15) is 0 Å². The van der Waals surface area contributed by atoms with Crippen LogP contribution in [0.15, 0.2) is 53.5 Å². The number of benzene rings is 2. The molecule has 138 valence electrons. The van der Waals surface area contributed by atoms with Crippen LogP contribution in [0.25, 0.3) is 11.1 Å². The molecule has 0 aliphatic heterocycles. The van der Waals surface area contributed by atoms with Crippen molar-refractivity contribution in [2.24, 2.45) is 7.05 Å². The van der Waals surface area contributed by atoms with Crippen molar-refractivity contribution in [3.05, 3.63) is 83.5 Å². The molecule has 3 rings (SSSR count). The number of aryl methyl sites for hydroxylation is 1. The van der Waals surface area contributed by atoms with Gasteiger partial charge in [0.1, 0.15) is 17.3 Å². The van der Waals surface area contributed by atoms with Crippen molar-refractivity contribution >= 4 is 39.9 Å². The summed E-state index contributed by atoms with van der Waals surface area (Å²) < 4.78 is 21.0. The summed E-state index contributed by atoms with van der Waals surface area (Å²) in [7, 11) is 1.54. The summed E-state index contributed by atoms with van der Waals surface area (Å²) in [6, 6.07) is 9.30. The van der Waals surface area contributed by atoms with Gasteiger partial charge in [-0.1, -0.05) is 11.6 Å². The van der Waals surface area contributed by atoms with Crippen LogP contribution in [0.1, 0.15) is 0 Å². The van der Waals surface area contributed by atoms with Crippen molar-refractivity contribution in [2.75, 3.05) is 0 Å². The molecule has 0 saturated carbocycles. The highest BCUT2D eigenvalue weighted by molar-refractivity contribution is 14.1. The van der Waals surface area contributed by atoms with Crippen LogP contribution in [0.2, 0.25) is 5.02 Å². The zero-order valence-corrected chi connectivity index (χ0v) is 16.7. The van der Waals surface area contributed by atoms with E-state index in [-0.39, 0.29) is 22.0 Å². The third kappa shape index (κ3) is 4.11. The Morgan fingerprint density at radius 3 is 2.52 bits per heavy atom. The molecular formula is C18H11ClFIN2O4. The van der Waals surface area contributed by atoms with Crippen molar-refractivity contribution in [3.63, 3.8) is 0 Å². The van der Waals surface area contributed by atoms with E-state index in [1.165, 1.54) is 53.2 Å². The molecule has 0 amide bonds. The van der Waals surface area contributed by atoms with Crippen LogP contribution in [0.5, 0.6) is 11.5 Å². The molecule has 0 unspecified atom stereocenters. The van der Waals surface area contributed by atoms with Crippen molar-refractivity contribution in [1.29, 1.82) is 0 Å². The van der Waals surface area contributed by atoms with E-state index in [1.54, 1.807) is 7.05 Å². The summed E-state index contributed by atoms with van der Waals surface area (Å²) in [4.78, 5) is 22.4. The maximum Gasteiger partial charge on any atom is 0.270 e. The van der Waals surface area contributed by atoms with Crippen LogP contribution in [0.4, 0.5) is 10.1 Å². The fourth-order valence-corrected chi connectivity index (χ4v) is 3.24. The predicted octanol–water partition coefficient (Wildman–Crippen LogP) is 5.15. The Morgan fingerprint density at radius 1 is 1.15 bits per heavy atom. The van der Waals surface area contributed by atoms with Gasteiger partial charge in [-0.05, 0) is 46.9 Å². The Labute approximate surface area is 171 Å². The van der Waals surface area contributed by atoms with Gasteiger partial charge in [0.15, 0.2) is 0 Å². The number of nitro groups is 1. The number of nitro benzene ring substituents is 1. The zero-order valence-electron chi connectivity index (χ0n) is 13.8. The first-order valence-electron chi connectivity index (χ1n) is 7.54. The van der Waals surface area contributed by atoms with Crippen molar-refractivity contribution in [1.82, 2.24) is 4.57 Å². The highest BCUT2D eigenvalue weighted by Crippen LogP contribution is 2.39. The van der Waals surface area contributed by atoms with Crippen LogP contribution in [0.3, 0.4) is 0 Å². The second kappa shape index (κ2) is 7.65. The fraction of sp³-hybridized carbons (Fsp3) is 0.0556. The van der Waals surface area contributed by atoms with E-state index in [2.05, 4.69) is 0 Å². The third-order valence-electron chi connectivity index (χ3n) is 3.76. The lowest BCUT2D eigenvalue weighted by Gasteiger charge is -2.14. The third-order valence-corrected chi connectivity index (χ3v) is 4.91. The quantitative estimate of drug-likeness (QED) is 0.282. The summed E-state index contributed by atoms with van der Waals surface area (Å²) in [6.07, 6.45) is 1.48. The molecule has 0 fully saturated rings. The highest BCUT2D eigenvalue weighted by Gasteiger charge is 2.18. The van der Waals surface area contributed by atoms with Gasteiger partial charge in [0.05, 0.1) is 13.5 Å². The molecule has 0 N–H and O–H groups in total. The van der Waals surface area contributed by atoms with Gasteiger partial charge in [0.25, 0.3) is 11.2 Å². The summed E-state index contributed by atoms with van der Waals surface area (Å²) >= 11 is 8.13. The molecule has 6 nitrogen and oxygen atoms in total. The first kappa shape index (κ1) is 19.3. The SMILES string of the molecule is Cn1cc(-c2cc([N+](=O)[O-])ccc2Oc2ccc(F)cc2I)c(Cl)cc1=O. The van der Waals surface area contributed by atoms with Gasteiger partial charge in [-0.3, -0.25) is 14.9 Å². The normalized spacial score (nSPS) is 10.7. The maximum atomic E-state index is 13.3. The molecule has 1 aromatic heterocycles. The van der Waals surface area contributed by atoms with Crippen LogP contribution >= 0.6 is 34.2 Å². The number of nitrogens with zero attached hydrogens (tertiary/aromatic N) is 2. The molecule has 0 radical (unpaired) electrons. The van der Waals surface area contributed by atoms with Gasteiger partial charge in [0, 0.05) is 42.6 Å². The van der Waals surface area contributed by atoms with Crippen molar-refractivity contribution < 1.29 is 14.1 Å². The predicted molar refractivity (Wildman–Crippen MR) is 108 cm³/mol. The first-order chi connectivity index (χ1) is 12.8. The monoisotopic (exact) mass is 500 g/mol. The van der Waals surface area contributed by atoms with Gasteiger partial charge in [-0.25, -0.2) is 4.39 Å². The Bertz CT molecular complexity index is 1120. The van der Waals surface area contributed by atoms with Gasteiger partial charge >= 0.3 is 0 Å². The van der Waals surface area contributed by atoms with E-state index in [1.807, 2.05) is 22.6 Å². The molecular weight excluding hydrogens is 490 g/mol. The Morgan fingerprint density at radius 2 is 1.85 bits per heavy atom. The van der Waals surface area contributed by atoms with E-state index >= 15 is 0 Å². The number of ether oxygens (including phenoxy) is 1. The summed E-state index contributed by atoms with van der Waals surface area (Å²) in [5.41, 5.74) is 0.264. The highest BCUT2D eigenvalue weighted by atomic mass is 127. The molecule has 0 bridgehead atoms. The summed E-state index contributed by atoms with van der Waals surface area (Å²) in [5.74, 6) is 0.260. The summed E-state index contributed by atoms with van der Waals surface area (Å²) in [5, 5.41) is 11.3. The average molecular weight is 501 g/mol. The lowest BCUT2D eigenvalue weighted by Crippen LogP contribution is -2.14. The lowest BCUT2D eigenvalue weighted by molar-refractivity contribution is -0.384. The second-order valence-electron chi connectivity index (χ2n) is 5.60. The van der Waals surface area contributed by atoms with E-state index in [4.69, 9.17) is 16.3 Å². The molecule has 1 heterocycles. The number of aromatic nitrogens is 1. The fourth-order valence-electron chi connectivity index (χ4n) is 2.41. The van der Waals surface area contributed by atoms with Crippen molar-refractivity contribution in [3.8, 4) is 22.6 Å². The number of halogens is 3. The van der Waals surface area contributed by atoms with E-state index in [0.29, 0.717) is 20.4 Å². The lowest BCUT2D eigenvalue weighted by atomic mass is 10.1. The molecule has 0 saturated heterocycles. The molecule has 2 aromatic carbocycles. The molecule has 0 aliphatic rings. The standard InChI is InChI=1S/C18H11ClFIN2O4/c1-22-9-13(14(19)8-18(22)24)12-7-11(23(25)26)3-5-16(12)27-17-4-2-10(20)6-15(17)21/h2-9H,1H3. The number of non-ortho nitro benzene ring substituents is 1. The number of hydrogen-bond acceptors (Lipinski definition) is 4. The van der Waals surface area contributed by atoms with Gasteiger partial charge in [-0.15, -0.1) is 0 Å². The van der Waals surface area contributed by atoms with Gasteiger partial charge in [0.2, 0.25) is 0 Å². The van der Waals surface area contributed by atoms with E-state index < -0.39 is 10.7 Å². The topological polar surface area (TPSA) is 74.4 Å². The molecule has 27 heavy (non-hydrogen) atoms. The Kier molecular flexibility index (Phi) is 5.47. The van der Waals surface area contributed by atoms with Crippen LogP contribution in [-0.2, 0) is 7.05 Å². The summed E-state index contributed by atoms with van der Waals surface area (Å²) in [6.45, 7) is 0. The minimum Gasteiger partial charge on any atom is -0.456 e. The maximum absolute atomic E-state index is 13.3. The van der Waals surface area contributed by atoms with Crippen LogP contribution < -0.4 is 10.3 Å². The number of rotatable bonds is 4. The smallest absolute Gasteiger partial charge is 0.270 e. The number of pyridine rings is 1. The minimum atomic E-state index is -0.537. The minimum absolute atomic E-state index is 0.136. The molecule has 0 aliphatic carbocycles. The molecule has 3 aromatic rings.